The van der Waals surface area contributed by atoms with Gasteiger partial charge >= 0.3 is 0 Å². The lowest BCUT2D eigenvalue weighted by atomic mass is 9.89. The maximum absolute atomic E-state index is 12.4. The third-order valence-electron chi connectivity index (χ3n) is 4.18. The van der Waals surface area contributed by atoms with Crippen LogP contribution in [0.25, 0.3) is 0 Å². The number of nitrogens with zero attached hydrogens (tertiary/aromatic N) is 1. The molecule has 20 heavy (non-hydrogen) atoms. The first kappa shape index (κ1) is 16.3. The van der Waals surface area contributed by atoms with Gasteiger partial charge in [0.15, 0.2) is 0 Å². The second kappa shape index (κ2) is 6.64. The van der Waals surface area contributed by atoms with Gasteiger partial charge in [-0.1, -0.05) is 20.8 Å². The van der Waals surface area contributed by atoms with Gasteiger partial charge in [0.1, 0.15) is 0 Å². The SMILES string of the molecule is CCC(CC)(CC)NC(=O)c1ccc(N(C)C)c(N)c1. The summed E-state index contributed by atoms with van der Waals surface area (Å²) in [6.45, 7) is 6.32. The monoisotopic (exact) mass is 277 g/mol. The van der Waals surface area contributed by atoms with Crippen LogP contribution in [0.1, 0.15) is 50.4 Å². The Labute approximate surface area is 122 Å². The molecule has 4 nitrogen and oxygen atoms in total. The van der Waals surface area contributed by atoms with Gasteiger partial charge in [-0.05, 0) is 37.5 Å². The Balaban J connectivity index is 2.96. The molecule has 0 aromatic heterocycles. The van der Waals surface area contributed by atoms with Crippen LogP contribution in [0, 0.1) is 0 Å². The summed E-state index contributed by atoms with van der Waals surface area (Å²) in [5.41, 5.74) is 8.05. The minimum Gasteiger partial charge on any atom is -0.397 e. The van der Waals surface area contributed by atoms with Crippen molar-refractivity contribution in [1.29, 1.82) is 0 Å². The first-order chi connectivity index (χ1) is 9.39. The summed E-state index contributed by atoms with van der Waals surface area (Å²) in [4.78, 5) is 14.3. The lowest BCUT2D eigenvalue weighted by molar-refractivity contribution is 0.0888. The zero-order chi connectivity index (χ0) is 15.3. The number of amides is 1. The van der Waals surface area contributed by atoms with E-state index in [2.05, 4.69) is 26.1 Å². The summed E-state index contributed by atoms with van der Waals surface area (Å²) in [6.07, 6.45) is 2.78. The Bertz CT molecular complexity index is 457. The number of hydrogen-bond acceptors (Lipinski definition) is 3. The lowest BCUT2D eigenvalue weighted by Gasteiger charge is -2.32. The van der Waals surface area contributed by atoms with Gasteiger partial charge in [0, 0.05) is 25.2 Å². The van der Waals surface area contributed by atoms with Crippen LogP contribution in [0.3, 0.4) is 0 Å². The second-order valence-corrected chi connectivity index (χ2v) is 5.46. The highest BCUT2D eigenvalue weighted by atomic mass is 16.1. The third-order valence-corrected chi connectivity index (χ3v) is 4.18. The molecular formula is C16H27N3O. The van der Waals surface area contributed by atoms with Crippen LogP contribution in [0.15, 0.2) is 18.2 Å². The van der Waals surface area contributed by atoms with Crippen LogP contribution >= 0.6 is 0 Å². The van der Waals surface area contributed by atoms with Crippen LogP contribution in [0.4, 0.5) is 11.4 Å². The summed E-state index contributed by atoms with van der Waals surface area (Å²) >= 11 is 0. The van der Waals surface area contributed by atoms with Crippen molar-refractivity contribution < 1.29 is 4.79 Å². The van der Waals surface area contributed by atoms with Gasteiger partial charge in [-0.15, -0.1) is 0 Å². The standard InChI is InChI=1S/C16H27N3O/c1-6-16(7-2,8-3)18-15(20)12-9-10-14(19(4)5)13(17)11-12/h9-11H,6-8,17H2,1-5H3,(H,18,20). The van der Waals surface area contributed by atoms with E-state index in [9.17, 15) is 4.79 Å². The quantitative estimate of drug-likeness (QED) is 0.786. The molecule has 0 spiro atoms. The number of rotatable bonds is 6. The highest BCUT2D eigenvalue weighted by molar-refractivity contribution is 5.96. The van der Waals surface area contributed by atoms with Gasteiger partial charge in [-0.2, -0.15) is 0 Å². The number of nitrogens with one attached hydrogen (secondary N) is 1. The van der Waals surface area contributed by atoms with Crippen molar-refractivity contribution in [2.45, 2.75) is 45.6 Å². The molecule has 112 valence electrons. The number of hydrogen-bond donors (Lipinski definition) is 2. The minimum absolute atomic E-state index is 0.0486. The fraction of sp³-hybridized carbons (Fsp3) is 0.562. The first-order valence-corrected chi connectivity index (χ1v) is 7.28. The van der Waals surface area contributed by atoms with Crippen molar-refractivity contribution in [2.75, 3.05) is 24.7 Å². The van der Waals surface area contributed by atoms with Crippen LogP contribution in [-0.4, -0.2) is 25.5 Å². The average Bonchev–Trinajstić information content (AvgIpc) is 2.44. The molecule has 0 aliphatic heterocycles. The summed E-state index contributed by atoms with van der Waals surface area (Å²) in [7, 11) is 3.86. The molecule has 1 aromatic carbocycles. The molecular weight excluding hydrogens is 250 g/mol. The van der Waals surface area contributed by atoms with Crippen molar-refractivity contribution in [2.24, 2.45) is 0 Å². The Morgan fingerprint density at radius 1 is 1.20 bits per heavy atom. The van der Waals surface area contributed by atoms with Crippen LogP contribution in [-0.2, 0) is 0 Å². The lowest BCUT2D eigenvalue weighted by Crippen LogP contribution is -2.47. The van der Waals surface area contributed by atoms with Gasteiger partial charge in [0.2, 0.25) is 0 Å². The third kappa shape index (κ3) is 3.44. The normalized spacial score (nSPS) is 11.2. The highest BCUT2D eigenvalue weighted by Gasteiger charge is 2.26. The van der Waals surface area contributed by atoms with Gasteiger partial charge in [-0.25, -0.2) is 0 Å². The second-order valence-electron chi connectivity index (χ2n) is 5.46. The smallest absolute Gasteiger partial charge is 0.251 e. The molecule has 0 aliphatic carbocycles. The molecule has 0 fully saturated rings. The molecule has 0 bridgehead atoms. The van der Waals surface area contributed by atoms with Crippen LogP contribution in [0.2, 0.25) is 0 Å². The molecule has 0 heterocycles. The molecule has 1 amide bonds. The van der Waals surface area contributed by atoms with Gasteiger partial charge in [0.25, 0.3) is 5.91 Å². The van der Waals surface area contributed by atoms with E-state index >= 15 is 0 Å². The van der Waals surface area contributed by atoms with Crippen molar-refractivity contribution in [1.82, 2.24) is 5.32 Å². The van der Waals surface area contributed by atoms with Crippen molar-refractivity contribution in [3.05, 3.63) is 23.8 Å². The Kier molecular flexibility index (Phi) is 5.43. The Morgan fingerprint density at radius 2 is 1.75 bits per heavy atom. The average molecular weight is 277 g/mol. The molecule has 0 unspecified atom stereocenters. The first-order valence-electron chi connectivity index (χ1n) is 7.28. The molecule has 0 atom stereocenters. The van der Waals surface area contributed by atoms with Gasteiger partial charge < -0.3 is 16.0 Å². The van der Waals surface area contributed by atoms with Crippen molar-refractivity contribution >= 4 is 17.3 Å². The van der Waals surface area contributed by atoms with Gasteiger partial charge in [-0.3, -0.25) is 4.79 Å². The van der Waals surface area contributed by atoms with E-state index in [0.29, 0.717) is 11.3 Å². The number of carbonyl (C=O) groups excluding carboxylic acids is 1. The molecule has 0 aliphatic rings. The van der Waals surface area contributed by atoms with Crippen molar-refractivity contribution in [3.63, 3.8) is 0 Å². The number of anilines is 2. The number of nitrogens with two attached hydrogens (primary N) is 1. The zero-order valence-corrected chi connectivity index (χ0v) is 13.3. The Morgan fingerprint density at radius 3 is 2.15 bits per heavy atom. The highest BCUT2D eigenvalue weighted by Crippen LogP contribution is 2.24. The zero-order valence-electron chi connectivity index (χ0n) is 13.3. The van der Waals surface area contributed by atoms with E-state index in [4.69, 9.17) is 5.73 Å². The van der Waals surface area contributed by atoms with E-state index in [1.165, 1.54) is 0 Å². The minimum atomic E-state index is -0.119. The summed E-state index contributed by atoms with van der Waals surface area (Å²) in [5.74, 6) is -0.0486. The van der Waals surface area contributed by atoms with E-state index in [1.807, 2.05) is 31.1 Å². The van der Waals surface area contributed by atoms with Crippen LogP contribution < -0.4 is 16.0 Å². The summed E-state index contributed by atoms with van der Waals surface area (Å²) in [5, 5.41) is 3.16. The summed E-state index contributed by atoms with van der Waals surface area (Å²) in [6, 6.07) is 5.46. The maximum Gasteiger partial charge on any atom is 0.251 e. The molecule has 0 saturated carbocycles. The predicted octanol–water partition coefficient (Wildman–Crippen LogP) is 3.03. The van der Waals surface area contributed by atoms with E-state index in [0.717, 1.165) is 24.9 Å². The number of carbonyl (C=O) groups is 1. The van der Waals surface area contributed by atoms with Crippen LogP contribution in [0.5, 0.6) is 0 Å². The molecule has 0 radical (unpaired) electrons. The molecule has 1 rings (SSSR count). The largest absolute Gasteiger partial charge is 0.397 e. The van der Waals surface area contributed by atoms with E-state index < -0.39 is 0 Å². The molecule has 4 heteroatoms. The molecule has 1 aromatic rings. The van der Waals surface area contributed by atoms with Crippen molar-refractivity contribution in [3.8, 4) is 0 Å². The van der Waals surface area contributed by atoms with E-state index in [1.54, 1.807) is 6.07 Å². The maximum atomic E-state index is 12.4. The fourth-order valence-corrected chi connectivity index (χ4v) is 2.43. The molecule has 0 saturated heterocycles. The van der Waals surface area contributed by atoms with Gasteiger partial charge in [0.05, 0.1) is 11.4 Å². The van der Waals surface area contributed by atoms with E-state index in [-0.39, 0.29) is 11.4 Å². The molecule has 3 N–H and O–H groups in total. The topological polar surface area (TPSA) is 58.4 Å². The predicted molar refractivity (Wildman–Crippen MR) is 86.3 cm³/mol. The Hall–Kier alpha value is -1.71. The fourth-order valence-electron chi connectivity index (χ4n) is 2.43. The summed E-state index contributed by atoms with van der Waals surface area (Å²) < 4.78 is 0. The number of nitrogen functional groups attached to an aromatic ring is 1. The number of benzene rings is 1.